The van der Waals surface area contributed by atoms with Crippen molar-refractivity contribution in [3.05, 3.63) is 54.1 Å². The molecule has 0 aliphatic heterocycles. The first kappa shape index (κ1) is 17.6. The molecule has 1 aromatic heterocycles. The summed E-state index contributed by atoms with van der Waals surface area (Å²) in [6, 6.07) is 12.5. The van der Waals surface area contributed by atoms with Crippen LogP contribution in [-0.2, 0) is 9.84 Å². The van der Waals surface area contributed by atoms with Gasteiger partial charge in [0.2, 0.25) is 5.89 Å². The van der Waals surface area contributed by atoms with Crippen molar-refractivity contribution in [1.29, 1.82) is 0 Å². The fourth-order valence-electron chi connectivity index (χ4n) is 2.16. The van der Waals surface area contributed by atoms with Crippen molar-refractivity contribution in [3.8, 4) is 17.2 Å². The average Bonchev–Trinajstić information content (AvgIpc) is 3.09. The van der Waals surface area contributed by atoms with Gasteiger partial charge in [0.1, 0.15) is 5.75 Å². The SMILES string of the molecule is COc1ccc(C(=O)Nc2nnc(-c3cccc(S(C)(=O)=O)c3)o2)cc1. The van der Waals surface area contributed by atoms with Gasteiger partial charge in [0.25, 0.3) is 5.91 Å². The molecule has 1 heterocycles. The Kier molecular flexibility index (Phi) is 4.72. The van der Waals surface area contributed by atoms with Crippen LogP contribution in [0.25, 0.3) is 11.5 Å². The maximum Gasteiger partial charge on any atom is 0.322 e. The van der Waals surface area contributed by atoms with Crippen LogP contribution in [0, 0.1) is 0 Å². The van der Waals surface area contributed by atoms with Gasteiger partial charge < -0.3 is 9.15 Å². The molecule has 3 rings (SSSR count). The molecule has 3 aromatic rings. The van der Waals surface area contributed by atoms with E-state index in [1.165, 1.54) is 19.2 Å². The van der Waals surface area contributed by atoms with Gasteiger partial charge in [0, 0.05) is 17.4 Å². The molecule has 0 saturated heterocycles. The van der Waals surface area contributed by atoms with E-state index in [-0.39, 0.29) is 16.8 Å². The zero-order valence-corrected chi connectivity index (χ0v) is 14.8. The Morgan fingerprint density at radius 1 is 1.12 bits per heavy atom. The molecule has 0 unspecified atom stereocenters. The summed E-state index contributed by atoms with van der Waals surface area (Å²) in [5.41, 5.74) is 0.829. The number of anilines is 1. The minimum Gasteiger partial charge on any atom is -0.497 e. The second kappa shape index (κ2) is 6.96. The zero-order chi connectivity index (χ0) is 18.7. The second-order valence-corrected chi connectivity index (χ2v) is 7.41. The standard InChI is InChI=1S/C17H15N3O5S/c1-24-13-8-6-11(7-9-13)15(21)18-17-20-19-16(25-17)12-4-3-5-14(10-12)26(2,22)23/h3-10H,1-2H3,(H,18,20,21). The summed E-state index contributed by atoms with van der Waals surface area (Å²) in [6.07, 6.45) is 1.11. The summed E-state index contributed by atoms with van der Waals surface area (Å²) in [5.74, 6) is 0.306. The number of aromatic nitrogens is 2. The predicted octanol–water partition coefficient (Wildman–Crippen LogP) is 2.40. The summed E-state index contributed by atoms with van der Waals surface area (Å²) in [6.45, 7) is 0. The van der Waals surface area contributed by atoms with E-state index in [4.69, 9.17) is 9.15 Å². The van der Waals surface area contributed by atoms with Crippen LogP contribution in [0.1, 0.15) is 10.4 Å². The van der Waals surface area contributed by atoms with E-state index >= 15 is 0 Å². The molecule has 0 saturated carbocycles. The number of carbonyl (C=O) groups is 1. The van der Waals surface area contributed by atoms with Gasteiger partial charge in [-0.05, 0) is 42.5 Å². The molecule has 8 nitrogen and oxygen atoms in total. The predicted molar refractivity (Wildman–Crippen MR) is 93.8 cm³/mol. The Balaban J connectivity index is 1.78. The van der Waals surface area contributed by atoms with Crippen LogP contribution in [0.15, 0.2) is 57.8 Å². The first-order chi connectivity index (χ1) is 12.4. The van der Waals surface area contributed by atoms with Gasteiger partial charge in [-0.15, -0.1) is 5.10 Å². The Morgan fingerprint density at radius 3 is 2.50 bits per heavy atom. The van der Waals surface area contributed by atoms with Gasteiger partial charge in [-0.25, -0.2) is 8.42 Å². The lowest BCUT2D eigenvalue weighted by Gasteiger charge is -2.02. The van der Waals surface area contributed by atoms with Crippen molar-refractivity contribution in [2.45, 2.75) is 4.90 Å². The van der Waals surface area contributed by atoms with Crippen LogP contribution in [0.3, 0.4) is 0 Å². The van der Waals surface area contributed by atoms with Crippen molar-refractivity contribution < 1.29 is 22.4 Å². The van der Waals surface area contributed by atoms with E-state index in [9.17, 15) is 13.2 Å². The fraction of sp³-hybridized carbons (Fsp3) is 0.118. The summed E-state index contributed by atoms with van der Waals surface area (Å²) in [7, 11) is -1.82. The zero-order valence-electron chi connectivity index (χ0n) is 14.0. The van der Waals surface area contributed by atoms with E-state index in [0.717, 1.165) is 6.26 Å². The van der Waals surface area contributed by atoms with Gasteiger partial charge in [-0.1, -0.05) is 11.2 Å². The van der Waals surface area contributed by atoms with Gasteiger partial charge in [-0.3, -0.25) is 10.1 Å². The lowest BCUT2D eigenvalue weighted by Crippen LogP contribution is -2.11. The Hall–Kier alpha value is -3.20. The largest absolute Gasteiger partial charge is 0.497 e. The number of hydrogen-bond acceptors (Lipinski definition) is 7. The molecular weight excluding hydrogens is 358 g/mol. The summed E-state index contributed by atoms with van der Waals surface area (Å²) < 4.78 is 33.7. The van der Waals surface area contributed by atoms with E-state index in [1.807, 2.05) is 0 Å². The molecule has 26 heavy (non-hydrogen) atoms. The normalized spacial score (nSPS) is 11.2. The highest BCUT2D eigenvalue weighted by Crippen LogP contribution is 2.23. The van der Waals surface area contributed by atoms with Crippen LogP contribution in [0.5, 0.6) is 5.75 Å². The number of benzene rings is 2. The van der Waals surface area contributed by atoms with Gasteiger partial charge in [0.05, 0.1) is 12.0 Å². The molecule has 0 bridgehead atoms. The quantitative estimate of drug-likeness (QED) is 0.731. The molecule has 0 atom stereocenters. The van der Waals surface area contributed by atoms with Crippen molar-refractivity contribution >= 4 is 21.8 Å². The highest BCUT2D eigenvalue weighted by molar-refractivity contribution is 7.90. The molecule has 2 aromatic carbocycles. The Morgan fingerprint density at radius 2 is 1.85 bits per heavy atom. The molecule has 0 spiro atoms. The number of methoxy groups -OCH3 is 1. The van der Waals surface area contributed by atoms with Crippen molar-refractivity contribution in [2.75, 3.05) is 18.7 Å². The van der Waals surface area contributed by atoms with Gasteiger partial charge >= 0.3 is 6.01 Å². The topological polar surface area (TPSA) is 111 Å². The number of amides is 1. The lowest BCUT2D eigenvalue weighted by molar-refractivity contribution is 0.102. The third kappa shape index (κ3) is 3.89. The maximum atomic E-state index is 12.2. The second-order valence-electron chi connectivity index (χ2n) is 5.39. The molecule has 1 amide bonds. The number of sulfone groups is 1. The molecule has 0 aliphatic rings. The van der Waals surface area contributed by atoms with E-state index in [2.05, 4.69) is 15.5 Å². The monoisotopic (exact) mass is 373 g/mol. The molecule has 1 N–H and O–H groups in total. The third-order valence-corrected chi connectivity index (χ3v) is 4.62. The van der Waals surface area contributed by atoms with E-state index in [0.29, 0.717) is 16.9 Å². The van der Waals surface area contributed by atoms with E-state index < -0.39 is 15.7 Å². The molecule has 0 fully saturated rings. The summed E-state index contributed by atoms with van der Waals surface area (Å²) in [4.78, 5) is 12.3. The van der Waals surface area contributed by atoms with Crippen LogP contribution in [-0.4, -0.2) is 37.9 Å². The number of ether oxygens (including phenoxy) is 1. The third-order valence-electron chi connectivity index (χ3n) is 3.51. The van der Waals surface area contributed by atoms with Crippen molar-refractivity contribution in [3.63, 3.8) is 0 Å². The molecular formula is C17H15N3O5S. The Bertz CT molecular complexity index is 1040. The summed E-state index contributed by atoms with van der Waals surface area (Å²) >= 11 is 0. The number of hydrogen-bond donors (Lipinski definition) is 1. The van der Waals surface area contributed by atoms with Crippen LogP contribution >= 0.6 is 0 Å². The van der Waals surface area contributed by atoms with Crippen molar-refractivity contribution in [2.24, 2.45) is 0 Å². The van der Waals surface area contributed by atoms with Gasteiger partial charge in [0.15, 0.2) is 9.84 Å². The van der Waals surface area contributed by atoms with Gasteiger partial charge in [-0.2, -0.15) is 0 Å². The number of rotatable bonds is 5. The summed E-state index contributed by atoms with van der Waals surface area (Å²) in [5, 5.41) is 10.1. The van der Waals surface area contributed by atoms with Crippen molar-refractivity contribution in [1.82, 2.24) is 10.2 Å². The number of nitrogens with one attached hydrogen (secondary N) is 1. The van der Waals surface area contributed by atoms with E-state index in [1.54, 1.807) is 36.4 Å². The van der Waals surface area contributed by atoms with Crippen LogP contribution in [0.2, 0.25) is 0 Å². The first-order valence-corrected chi connectivity index (χ1v) is 9.35. The first-order valence-electron chi connectivity index (χ1n) is 7.46. The Labute approximate surface area is 149 Å². The highest BCUT2D eigenvalue weighted by atomic mass is 32.2. The smallest absolute Gasteiger partial charge is 0.322 e. The van der Waals surface area contributed by atoms with Crippen LogP contribution in [0.4, 0.5) is 6.01 Å². The average molecular weight is 373 g/mol. The minimum atomic E-state index is -3.36. The minimum absolute atomic E-state index is 0.0921. The molecule has 0 aliphatic carbocycles. The molecule has 0 radical (unpaired) electrons. The van der Waals surface area contributed by atoms with Crippen LogP contribution < -0.4 is 10.1 Å². The fourth-order valence-corrected chi connectivity index (χ4v) is 2.83. The number of nitrogens with zero attached hydrogens (tertiary/aromatic N) is 2. The highest BCUT2D eigenvalue weighted by Gasteiger charge is 2.15. The molecule has 9 heteroatoms. The molecule has 134 valence electrons. The maximum absolute atomic E-state index is 12.2. The lowest BCUT2D eigenvalue weighted by atomic mass is 10.2. The number of carbonyl (C=O) groups excluding carboxylic acids is 1.